The molecule has 0 aliphatic carbocycles. The maximum atomic E-state index is 12.4. The monoisotopic (exact) mass is 418 g/mol. The molecule has 0 amide bonds. The van der Waals surface area contributed by atoms with Crippen molar-refractivity contribution in [1.29, 1.82) is 0 Å². The van der Waals surface area contributed by atoms with Crippen molar-refractivity contribution in [2.24, 2.45) is 0 Å². The van der Waals surface area contributed by atoms with Crippen molar-refractivity contribution in [3.8, 4) is 28.6 Å². The lowest BCUT2D eigenvalue weighted by Crippen LogP contribution is -2.07. The molecule has 0 saturated carbocycles. The van der Waals surface area contributed by atoms with E-state index in [4.69, 9.17) is 35.1 Å². The molecule has 0 spiro atoms. The molecule has 3 rings (SSSR count). The molecule has 1 heterocycles. The highest BCUT2D eigenvalue weighted by molar-refractivity contribution is 6.32. The highest BCUT2D eigenvalue weighted by Gasteiger charge is 2.18. The third-order valence-electron chi connectivity index (χ3n) is 3.90. The Morgan fingerprint density at radius 2 is 1.90 bits per heavy atom. The normalized spacial score (nSPS) is 10.5. The molecule has 9 heteroatoms. The number of ether oxygens (including phenoxy) is 4. The fraction of sp³-hybridized carbons (Fsp3) is 0.250. The van der Waals surface area contributed by atoms with Gasteiger partial charge in [0.2, 0.25) is 5.82 Å². The van der Waals surface area contributed by atoms with Crippen LogP contribution in [0.2, 0.25) is 5.02 Å². The predicted octanol–water partition coefficient (Wildman–Crippen LogP) is 4.16. The Labute approximate surface area is 172 Å². The smallest absolute Gasteiger partial charge is 0.338 e. The summed E-state index contributed by atoms with van der Waals surface area (Å²) in [6.07, 6.45) is 0. The zero-order valence-corrected chi connectivity index (χ0v) is 16.9. The van der Waals surface area contributed by atoms with Gasteiger partial charge in [-0.25, -0.2) is 4.79 Å². The lowest BCUT2D eigenvalue weighted by molar-refractivity contribution is 0.0429. The number of nitrogens with zero attached hydrogens (tertiary/aromatic N) is 2. The minimum Gasteiger partial charge on any atom is -0.497 e. The van der Waals surface area contributed by atoms with Crippen molar-refractivity contribution in [1.82, 2.24) is 10.1 Å². The van der Waals surface area contributed by atoms with Gasteiger partial charge >= 0.3 is 5.97 Å². The number of halogens is 1. The van der Waals surface area contributed by atoms with E-state index >= 15 is 0 Å². The first kappa shape index (κ1) is 20.5. The van der Waals surface area contributed by atoms with Crippen molar-refractivity contribution in [3.05, 3.63) is 52.9 Å². The van der Waals surface area contributed by atoms with E-state index in [1.807, 2.05) is 6.92 Å². The fourth-order valence-corrected chi connectivity index (χ4v) is 2.77. The molecule has 0 aliphatic rings. The van der Waals surface area contributed by atoms with Crippen LogP contribution in [-0.2, 0) is 11.3 Å². The molecule has 0 unspecified atom stereocenters. The maximum absolute atomic E-state index is 12.4. The Morgan fingerprint density at radius 1 is 1.14 bits per heavy atom. The molecule has 0 saturated heterocycles. The van der Waals surface area contributed by atoms with E-state index in [0.29, 0.717) is 23.9 Å². The van der Waals surface area contributed by atoms with Crippen LogP contribution in [0.15, 0.2) is 40.9 Å². The summed E-state index contributed by atoms with van der Waals surface area (Å²) in [6.45, 7) is 2.05. The fourth-order valence-electron chi connectivity index (χ4n) is 2.50. The second kappa shape index (κ2) is 9.29. The summed E-state index contributed by atoms with van der Waals surface area (Å²) in [5.74, 6) is 1.35. The molecule has 0 fully saturated rings. The van der Waals surface area contributed by atoms with Gasteiger partial charge in [0.15, 0.2) is 18.1 Å². The molecule has 0 aliphatic heterocycles. The van der Waals surface area contributed by atoms with Crippen molar-refractivity contribution < 1.29 is 28.3 Å². The Morgan fingerprint density at radius 3 is 2.55 bits per heavy atom. The third kappa shape index (κ3) is 4.78. The van der Waals surface area contributed by atoms with Crippen LogP contribution in [0.25, 0.3) is 11.4 Å². The first-order chi connectivity index (χ1) is 14.0. The van der Waals surface area contributed by atoms with Crippen LogP contribution in [0, 0.1) is 0 Å². The Hall–Kier alpha value is -3.26. The molecular formula is C20H19ClN2O6. The summed E-state index contributed by atoms with van der Waals surface area (Å²) in [5.41, 5.74) is 0.959. The van der Waals surface area contributed by atoms with Gasteiger partial charge < -0.3 is 23.5 Å². The van der Waals surface area contributed by atoms with Gasteiger partial charge in [0, 0.05) is 5.56 Å². The number of benzene rings is 2. The van der Waals surface area contributed by atoms with E-state index in [1.54, 1.807) is 31.4 Å². The number of carbonyl (C=O) groups excluding carboxylic acids is 1. The van der Waals surface area contributed by atoms with E-state index in [0.717, 1.165) is 11.3 Å². The van der Waals surface area contributed by atoms with Gasteiger partial charge in [0.1, 0.15) is 5.75 Å². The molecule has 2 aromatic carbocycles. The van der Waals surface area contributed by atoms with E-state index in [1.165, 1.54) is 19.2 Å². The highest BCUT2D eigenvalue weighted by Crippen LogP contribution is 2.36. The number of carbonyl (C=O) groups is 1. The lowest BCUT2D eigenvalue weighted by atomic mass is 10.2. The lowest BCUT2D eigenvalue weighted by Gasteiger charge is -2.12. The van der Waals surface area contributed by atoms with Gasteiger partial charge in [-0.3, -0.25) is 0 Å². The van der Waals surface area contributed by atoms with Crippen molar-refractivity contribution in [3.63, 3.8) is 0 Å². The molecule has 8 nitrogen and oxygen atoms in total. The number of hydrogen-bond donors (Lipinski definition) is 0. The van der Waals surface area contributed by atoms with Crippen LogP contribution in [-0.4, -0.2) is 36.9 Å². The van der Waals surface area contributed by atoms with Gasteiger partial charge in [-0.2, -0.15) is 4.98 Å². The van der Waals surface area contributed by atoms with E-state index in [9.17, 15) is 4.79 Å². The summed E-state index contributed by atoms with van der Waals surface area (Å²) in [4.78, 5) is 16.6. The SMILES string of the molecule is CCOc1c(Cl)cc(C(=O)OCc2nc(-c3ccc(OC)cc3)no2)cc1OC. The second-order valence-corrected chi connectivity index (χ2v) is 6.15. The third-order valence-corrected chi connectivity index (χ3v) is 4.18. The van der Waals surface area contributed by atoms with Crippen molar-refractivity contribution in [2.75, 3.05) is 20.8 Å². The van der Waals surface area contributed by atoms with Crippen molar-refractivity contribution in [2.45, 2.75) is 13.5 Å². The van der Waals surface area contributed by atoms with Crippen molar-refractivity contribution >= 4 is 17.6 Å². The van der Waals surface area contributed by atoms with E-state index < -0.39 is 5.97 Å². The number of methoxy groups -OCH3 is 2. The predicted molar refractivity (Wildman–Crippen MR) is 105 cm³/mol. The molecule has 0 radical (unpaired) electrons. The van der Waals surface area contributed by atoms with E-state index in [2.05, 4.69) is 10.1 Å². The number of aromatic nitrogens is 2. The van der Waals surface area contributed by atoms with E-state index in [-0.39, 0.29) is 23.1 Å². The molecule has 1 aromatic heterocycles. The van der Waals surface area contributed by atoms with Crippen LogP contribution in [0.3, 0.4) is 0 Å². The summed E-state index contributed by atoms with van der Waals surface area (Å²) in [5, 5.41) is 4.14. The molecular weight excluding hydrogens is 400 g/mol. The number of rotatable bonds is 8. The summed E-state index contributed by atoms with van der Waals surface area (Å²) >= 11 is 6.18. The Bertz CT molecular complexity index is 987. The van der Waals surface area contributed by atoms with Crippen LogP contribution in [0.1, 0.15) is 23.2 Å². The molecule has 29 heavy (non-hydrogen) atoms. The van der Waals surface area contributed by atoms with Crippen LogP contribution >= 0.6 is 11.6 Å². The number of hydrogen-bond acceptors (Lipinski definition) is 8. The van der Waals surface area contributed by atoms with Crippen LogP contribution in [0.4, 0.5) is 0 Å². The molecule has 0 atom stereocenters. The minimum absolute atomic E-state index is 0.160. The van der Waals surface area contributed by atoms with Crippen LogP contribution in [0.5, 0.6) is 17.2 Å². The quantitative estimate of drug-likeness (QED) is 0.503. The van der Waals surface area contributed by atoms with Gasteiger partial charge in [-0.1, -0.05) is 16.8 Å². The average molecular weight is 419 g/mol. The first-order valence-corrected chi connectivity index (χ1v) is 9.08. The number of esters is 1. The zero-order chi connectivity index (χ0) is 20.8. The maximum Gasteiger partial charge on any atom is 0.338 e. The largest absolute Gasteiger partial charge is 0.497 e. The summed E-state index contributed by atoms with van der Waals surface area (Å²) in [6, 6.07) is 10.1. The van der Waals surface area contributed by atoms with Gasteiger partial charge in [-0.15, -0.1) is 0 Å². The Kier molecular flexibility index (Phi) is 6.56. The topological polar surface area (TPSA) is 92.9 Å². The minimum atomic E-state index is -0.613. The van der Waals surface area contributed by atoms with Gasteiger partial charge in [0.05, 0.1) is 31.4 Å². The molecule has 0 N–H and O–H groups in total. The zero-order valence-electron chi connectivity index (χ0n) is 16.1. The molecule has 0 bridgehead atoms. The second-order valence-electron chi connectivity index (χ2n) is 5.74. The van der Waals surface area contributed by atoms with Gasteiger partial charge in [0.25, 0.3) is 5.89 Å². The highest BCUT2D eigenvalue weighted by atomic mass is 35.5. The summed E-state index contributed by atoms with van der Waals surface area (Å²) < 4.78 is 26.2. The standard InChI is InChI=1S/C20H19ClN2O6/c1-4-27-18-15(21)9-13(10-16(18)26-3)20(24)28-11-17-22-19(23-29-17)12-5-7-14(25-2)8-6-12/h5-10H,4,11H2,1-3H3. The molecule has 152 valence electrons. The Balaban J connectivity index is 1.68. The first-order valence-electron chi connectivity index (χ1n) is 8.70. The average Bonchev–Trinajstić information content (AvgIpc) is 3.22. The molecule has 3 aromatic rings. The van der Waals surface area contributed by atoms with Gasteiger partial charge in [-0.05, 0) is 43.3 Å². The summed E-state index contributed by atoms with van der Waals surface area (Å²) in [7, 11) is 3.05. The van der Waals surface area contributed by atoms with Crippen LogP contribution < -0.4 is 14.2 Å².